The van der Waals surface area contributed by atoms with E-state index in [0.717, 1.165) is 0 Å². The van der Waals surface area contributed by atoms with Crippen LogP contribution in [0.5, 0.6) is 5.75 Å². The molecule has 0 amide bonds. The summed E-state index contributed by atoms with van der Waals surface area (Å²) >= 11 is 0. The molecule has 1 aromatic carbocycles. The van der Waals surface area contributed by atoms with E-state index in [1.165, 1.54) is 19.2 Å². The second-order valence-corrected chi connectivity index (χ2v) is 6.47. The first-order chi connectivity index (χ1) is 8.40. The van der Waals surface area contributed by atoms with Crippen molar-refractivity contribution in [2.24, 2.45) is 0 Å². The number of hydrogen-bond acceptors (Lipinski definition) is 5. The zero-order chi connectivity index (χ0) is 13.8. The van der Waals surface area contributed by atoms with Crippen LogP contribution in [0, 0.1) is 0 Å². The molecule has 1 rings (SSSR count). The Labute approximate surface area is 105 Å². The van der Waals surface area contributed by atoms with Gasteiger partial charge < -0.3 is 9.63 Å². The first kappa shape index (κ1) is 14.7. The van der Waals surface area contributed by atoms with Gasteiger partial charge in [-0.25, -0.2) is 4.79 Å². The number of phenolic OH excluding ortho intramolecular Hbond substituents is 1. The Morgan fingerprint density at radius 3 is 2.50 bits per heavy atom. The van der Waals surface area contributed by atoms with Gasteiger partial charge in [0.25, 0.3) is 0 Å². The van der Waals surface area contributed by atoms with E-state index in [4.69, 9.17) is 4.52 Å². The van der Waals surface area contributed by atoms with Crippen molar-refractivity contribution in [1.29, 1.82) is 0 Å². The molecule has 6 nitrogen and oxygen atoms in total. The second-order valence-electron chi connectivity index (χ2n) is 3.88. The standard InChI is InChI=1S/C11H16NO5P/c1-8(2)18(15,12-16-3)17-11(14)9-6-4-5-7-10(9)13/h4-8,13H,1-3H3,(H,12,15). The molecule has 0 aromatic heterocycles. The van der Waals surface area contributed by atoms with Crippen LogP contribution < -0.4 is 5.25 Å². The van der Waals surface area contributed by atoms with Gasteiger partial charge >= 0.3 is 13.5 Å². The SMILES string of the molecule is CONP(=O)(OC(=O)c1ccccc1O)C(C)C. The van der Waals surface area contributed by atoms with Crippen LogP contribution in [0.25, 0.3) is 0 Å². The number of hydrogen-bond donors (Lipinski definition) is 2. The maximum Gasteiger partial charge on any atom is 0.347 e. The van der Waals surface area contributed by atoms with Gasteiger partial charge in [-0.1, -0.05) is 26.0 Å². The van der Waals surface area contributed by atoms with E-state index < -0.39 is 19.1 Å². The molecule has 1 atom stereocenters. The molecule has 0 aliphatic rings. The summed E-state index contributed by atoms with van der Waals surface area (Å²) in [5.74, 6) is -1.09. The lowest BCUT2D eigenvalue weighted by Crippen LogP contribution is -2.20. The highest BCUT2D eigenvalue weighted by atomic mass is 31.2. The minimum atomic E-state index is -3.47. The summed E-state index contributed by atoms with van der Waals surface area (Å²) in [5, 5.41) is 11.7. The number of carbonyl (C=O) groups excluding carboxylic acids is 1. The van der Waals surface area contributed by atoms with Gasteiger partial charge in [-0.2, -0.15) is 0 Å². The maximum absolute atomic E-state index is 12.2. The molecule has 0 saturated carbocycles. The predicted molar refractivity (Wildman–Crippen MR) is 66.4 cm³/mol. The molecule has 0 bridgehead atoms. The predicted octanol–water partition coefficient (Wildman–Crippen LogP) is 2.30. The highest BCUT2D eigenvalue weighted by Crippen LogP contribution is 2.48. The average molecular weight is 273 g/mol. The highest BCUT2D eigenvalue weighted by molar-refractivity contribution is 7.57. The fraction of sp³-hybridized carbons (Fsp3) is 0.364. The largest absolute Gasteiger partial charge is 0.507 e. The third-order valence-corrected chi connectivity index (χ3v) is 4.47. The van der Waals surface area contributed by atoms with Crippen LogP contribution in [-0.4, -0.2) is 23.8 Å². The van der Waals surface area contributed by atoms with E-state index in [1.54, 1.807) is 26.0 Å². The lowest BCUT2D eigenvalue weighted by molar-refractivity contribution is 0.0687. The summed E-state index contributed by atoms with van der Waals surface area (Å²) in [5.41, 5.74) is -0.497. The van der Waals surface area contributed by atoms with Crippen LogP contribution in [0.1, 0.15) is 24.2 Å². The Balaban J connectivity index is 2.93. The highest BCUT2D eigenvalue weighted by Gasteiger charge is 2.32. The average Bonchev–Trinajstić information content (AvgIpc) is 2.29. The Hall–Kier alpha value is -1.36. The van der Waals surface area contributed by atoms with Crippen molar-refractivity contribution in [3.8, 4) is 5.75 Å². The van der Waals surface area contributed by atoms with Gasteiger partial charge in [-0.3, -0.25) is 9.40 Å². The molecule has 0 fully saturated rings. The first-order valence-electron chi connectivity index (χ1n) is 5.32. The fourth-order valence-electron chi connectivity index (χ4n) is 1.18. The van der Waals surface area contributed by atoms with Crippen LogP contribution >= 0.6 is 7.52 Å². The first-order valence-corrected chi connectivity index (χ1v) is 7.02. The van der Waals surface area contributed by atoms with E-state index in [-0.39, 0.29) is 11.3 Å². The van der Waals surface area contributed by atoms with Crippen molar-refractivity contribution in [3.05, 3.63) is 29.8 Å². The minimum Gasteiger partial charge on any atom is -0.507 e. The normalized spacial score (nSPS) is 14.2. The van der Waals surface area contributed by atoms with E-state index in [9.17, 15) is 14.5 Å². The van der Waals surface area contributed by atoms with Gasteiger partial charge in [0.05, 0.1) is 12.8 Å². The van der Waals surface area contributed by atoms with Crippen LogP contribution in [0.15, 0.2) is 24.3 Å². The van der Waals surface area contributed by atoms with Gasteiger partial charge in [-0.15, -0.1) is 5.25 Å². The number of phenols is 1. The third kappa shape index (κ3) is 3.32. The smallest absolute Gasteiger partial charge is 0.347 e. The number of nitrogens with one attached hydrogen (secondary N) is 1. The summed E-state index contributed by atoms with van der Waals surface area (Å²) in [6.45, 7) is 3.26. The Kier molecular flexibility index (Phi) is 4.90. The summed E-state index contributed by atoms with van der Waals surface area (Å²) < 4.78 is 17.2. The summed E-state index contributed by atoms with van der Waals surface area (Å²) in [4.78, 5) is 16.4. The number of benzene rings is 1. The van der Waals surface area contributed by atoms with Crippen molar-refractivity contribution >= 4 is 13.5 Å². The van der Waals surface area contributed by atoms with Gasteiger partial charge in [0.15, 0.2) is 0 Å². The monoisotopic (exact) mass is 273 g/mol. The van der Waals surface area contributed by atoms with E-state index in [2.05, 4.69) is 10.1 Å². The Morgan fingerprint density at radius 1 is 1.39 bits per heavy atom. The summed E-state index contributed by atoms with van der Waals surface area (Å²) in [7, 11) is -2.18. The molecular weight excluding hydrogens is 257 g/mol. The summed E-state index contributed by atoms with van der Waals surface area (Å²) in [6.07, 6.45) is 0. The van der Waals surface area contributed by atoms with Gasteiger partial charge in [0.1, 0.15) is 11.3 Å². The van der Waals surface area contributed by atoms with E-state index in [1.807, 2.05) is 0 Å². The zero-order valence-corrected chi connectivity index (χ0v) is 11.3. The molecule has 0 spiro atoms. The molecule has 0 heterocycles. The molecule has 0 radical (unpaired) electrons. The topological polar surface area (TPSA) is 84.9 Å². The van der Waals surface area contributed by atoms with Crippen molar-refractivity contribution in [2.45, 2.75) is 19.5 Å². The van der Waals surface area contributed by atoms with Crippen LogP contribution in [-0.2, 0) is 13.9 Å². The van der Waals surface area contributed by atoms with Crippen molar-refractivity contribution in [3.63, 3.8) is 0 Å². The molecule has 7 heteroatoms. The molecule has 2 N–H and O–H groups in total. The number of aromatic hydroxyl groups is 1. The van der Waals surface area contributed by atoms with E-state index >= 15 is 0 Å². The maximum atomic E-state index is 12.2. The van der Waals surface area contributed by atoms with Crippen LogP contribution in [0.2, 0.25) is 0 Å². The second kappa shape index (κ2) is 6.00. The summed E-state index contributed by atoms with van der Waals surface area (Å²) in [6, 6.07) is 5.87. The minimum absolute atomic E-state index is 0.0451. The molecular formula is C11H16NO5P. The Morgan fingerprint density at radius 2 is 2.00 bits per heavy atom. The molecule has 0 aliphatic carbocycles. The van der Waals surface area contributed by atoms with Crippen LogP contribution in [0.4, 0.5) is 0 Å². The molecule has 1 aromatic rings. The lowest BCUT2D eigenvalue weighted by atomic mass is 10.2. The quantitative estimate of drug-likeness (QED) is 0.632. The molecule has 1 unspecified atom stereocenters. The Bertz CT molecular complexity index is 474. The number of carbonyl (C=O) groups is 1. The molecule has 100 valence electrons. The van der Waals surface area contributed by atoms with Gasteiger partial charge in [0, 0.05) is 0 Å². The molecule has 18 heavy (non-hydrogen) atoms. The van der Waals surface area contributed by atoms with Crippen molar-refractivity contribution in [2.75, 3.05) is 7.11 Å². The molecule has 0 saturated heterocycles. The van der Waals surface area contributed by atoms with E-state index in [0.29, 0.717) is 0 Å². The number of para-hydroxylation sites is 1. The van der Waals surface area contributed by atoms with Crippen molar-refractivity contribution < 1.29 is 23.8 Å². The lowest BCUT2D eigenvalue weighted by Gasteiger charge is -2.21. The van der Waals surface area contributed by atoms with Gasteiger partial charge in [-0.05, 0) is 12.1 Å². The third-order valence-electron chi connectivity index (χ3n) is 2.24. The van der Waals surface area contributed by atoms with Crippen LogP contribution in [0.3, 0.4) is 0 Å². The van der Waals surface area contributed by atoms with Gasteiger partial charge in [0.2, 0.25) is 0 Å². The zero-order valence-electron chi connectivity index (χ0n) is 10.4. The fourth-order valence-corrected chi connectivity index (χ4v) is 2.23. The van der Waals surface area contributed by atoms with Crippen molar-refractivity contribution in [1.82, 2.24) is 5.25 Å². The number of rotatable bonds is 5. The molecule has 0 aliphatic heterocycles.